The molecule has 0 radical (unpaired) electrons. The van der Waals surface area contributed by atoms with Crippen molar-refractivity contribution in [2.45, 2.75) is 136 Å². The fourth-order valence-electron chi connectivity index (χ4n) is 8.82. The Balaban J connectivity index is 0.00000238. The van der Waals surface area contributed by atoms with Crippen LogP contribution in [0.4, 0.5) is 0 Å². The fraction of sp³-hybridized carbons (Fsp3) is 0.544. The number of amides is 4. The van der Waals surface area contributed by atoms with Crippen molar-refractivity contribution in [3.63, 3.8) is 0 Å². The van der Waals surface area contributed by atoms with Gasteiger partial charge in [-0.1, -0.05) is 114 Å². The molecule has 5 atom stereocenters. The fourth-order valence-corrected chi connectivity index (χ4v) is 8.82. The van der Waals surface area contributed by atoms with Gasteiger partial charge < -0.3 is 49.3 Å². The van der Waals surface area contributed by atoms with Crippen LogP contribution in [0.2, 0.25) is 0 Å². The minimum Gasteiger partial charge on any atom is -0.748 e. The maximum atomic E-state index is 14.6. The lowest BCUT2D eigenvalue weighted by atomic mass is 9.93. The highest BCUT2D eigenvalue weighted by Gasteiger charge is 2.50. The molecule has 2 aliphatic rings. The third-order valence-corrected chi connectivity index (χ3v) is 12.9. The highest BCUT2D eigenvalue weighted by atomic mass is 32.2. The molecule has 4 unspecified atom stereocenters. The third kappa shape index (κ3) is 22.6. The molecule has 0 spiro atoms. The molecule has 2 aliphatic heterocycles. The number of nitrogens with zero attached hydrogens (tertiary/aromatic N) is 1. The van der Waals surface area contributed by atoms with Crippen LogP contribution in [0.5, 0.6) is 11.5 Å². The van der Waals surface area contributed by atoms with Gasteiger partial charge in [-0.2, -0.15) is 0 Å². The molecule has 18 nitrogen and oxygen atoms in total. The first-order valence-electron chi connectivity index (χ1n) is 26.2. The summed E-state index contributed by atoms with van der Waals surface area (Å²) in [5.41, 5.74) is 1.62. The van der Waals surface area contributed by atoms with E-state index in [1.807, 2.05) is 94.4 Å². The van der Waals surface area contributed by atoms with Crippen LogP contribution in [-0.4, -0.2) is 135 Å². The van der Waals surface area contributed by atoms with E-state index in [9.17, 15) is 28.8 Å². The molecule has 4 N–H and O–H groups in total. The number of hydrogen-bond donors (Lipinski definition) is 4. The van der Waals surface area contributed by atoms with Crippen LogP contribution in [0.1, 0.15) is 103 Å². The number of ketones is 1. The van der Waals surface area contributed by atoms with Crippen molar-refractivity contribution >= 4 is 45.5 Å². The Morgan fingerprint density at radius 3 is 1.89 bits per heavy atom. The predicted octanol–water partition coefficient (Wildman–Crippen LogP) is 4.96. The Labute approximate surface area is 449 Å². The van der Waals surface area contributed by atoms with Crippen molar-refractivity contribution < 1.29 is 65.2 Å². The molecular weight excluding hydrogens is 995 g/mol. The Morgan fingerprint density at radius 2 is 1.32 bits per heavy atom. The molecule has 2 heterocycles. The van der Waals surface area contributed by atoms with Gasteiger partial charge in [-0.15, -0.1) is 6.42 Å². The maximum Gasteiger partial charge on any atom is 0.311 e. The molecule has 0 aliphatic carbocycles. The molecule has 76 heavy (non-hydrogen) atoms. The summed E-state index contributed by atoms with van der Waals surface area (Å²) in [4.78, 5) is 83.8. The minimum atomic E-state index is -3.92. The Kier molecular flexibility index (Phi) is 25.1. The number of aryl methyl sites for hydroxylation is 1. The van der Waals surface area contributed by atoms with Gasteiger partial charge in [-0.3, -0.25) is 28.8 Å². The SMILES string of the molecule is C#CCOc1cc(C[N+]2(CC(=O)NC(CCc3ccccc3)C(=O)NC(CC(C)C)C(=O)NC(Cc3ccccc3)C(=O)NC(CC(C)C)C(=O)[C@@]3(C)CO3)CCOCC2)ccc1OC(=O)CCCCC.CS(=O)(=O)[O-]. The van der Waals surface area contributed by atoms with E-state index in [1.165, 1.54) is 0 Å². The maximum absolute atomic E-state index is 14.6. The Bertz CT molecular complexity index is 2520. The van der Waals surface area contributed by atoms with Crippen molar-refractivity contribution in [3.05, 3.63) is 95.6 Å². The Hall–Kier alpha value is -6.17. The largest absolute Gasteiger partial charge is 0.748 e. The molecule has 0 bridgehead atoms. The van der Waals surface area contributed by atoms with Gasteiger partial charge in [0.2, 0.25) is 17.7 Å². The van der Waals surface area contributed by atoms with Gasteiger partial charge in [0.1, 0.15) is 50.0 Å². The average Bonchev–Trinajstić information content (AvgIpc) is 4.12. The number of epoxide rings is 1. The van der Waals surface area contributed by atoms with Crippen LogP contribution in [0.25, 0.3) is 0 Å². The molecule has 0 aromatic heterocycles. The molecule has 2 saturated heterocycles. The second kappa shape index (κ2) is 30.5. The second-order valence-electron chi connectivity index (χ2n) is 20.8. The molecular formula is C57H79N5O13S. The molecule has 3 aromatic carbocycles. The van der Waals surface area contributed by atoms with Crippen molar-refractivity contribution in [2.24, 2.45) is 11.8 Å². The van der Waals surface area contributed by atoms with Crippen LogP contribution >= 0.6 is 0 Å². The van der Waals surface area contributed by atoms with Gasteiger partial charge in [-0.25, -0.2) is 8.42 Å². The molecule has 416 valence electrons. The number of unbranched alkanes of at least 4 members (excludes halogenated alkanes) is 2. The summed E-state index contributed by atoms with van der Waals surface area (Å²) in [5, 5.41) is 11.9. The summed E-state index contributed by atoms with van der Waals surface area (Å²) in [6, 6.07) is 20.2. The summed E-state index contributed by atoms with van der Waals surface area (Å²) in [7, 11) is -3.92. The number of nitrogens with one attached hydrogen (secondary N) is 4. The monoisotopic (exact) mass is 1070 g/mol. The van der Waals surface area contributed by atoms with Crippen molar-refractivity contribution in [1.82, 2.24) is 21.3 Å². The first-order chi connectivity index (χ1) is 36.0. The number of benzene rings is 3. The van der Waals surface area contributed by atoms with E-state index in [1.54, 1.807) is 19.1 Å². The standard InChI is InChI=1S/C56H75N5O10.CH4O3S/c1-8-10-13-22-51(63)71-48-26-24-43(35-49(48)69-29-9-2)36-61(27-30-68-31-28-61)37-50(62)57-44(25-23-41-18-14-11-15-19-41)53(65)59-46(33-40(5)6)54(66)60-47(34-42-20-16-12-17-21-42)55(67)58-45(32-39(3)4)52(64)56(7)38-70-56;1-5(2,3)4/h2,11-12,14-21,24,26,35,39-40,44-47H,8,10,13,22-23,25,27-34,36-38H2,1,3-7H3,(H3-,57,58,59,60,62,65,66,67);1H3,(H,2,3,4)/t44?,45?,46?,47?,56-;/m1./s1. The van der Waals surface area contributed by atoms with Crippen molar-refractivity contribution in [3.8, 4) is 23.8 Å². The number of rotatable bonds is 29. The van der Waals surface area contributed by atoms with E-state index in [0.717, 1.165) is 36.0 Å². The number of esters is 1. The minimum absolute atomic E-state index is 0.0188. The quantitative estimate of drug-likeness (QED) is 0.0137. The van der Waals surface area contributed by atoms with Crippen LogP contribution < -0.4 is 30.7 Å². The molecule has 5 rings (SSSR count). The van der Waals surface area contributed by atoms with Crippen molar-refractivity contribution in [2.75, 3.05) is 52.3 Å². The average molecular weight is 1070 g/mol. The van der Waals surface area contributed by atoms with E-state index >= 15 is 0 Å². The number of Topliss-reactive ketones (excluding diaryl/α,β-unsaturated/α-hetero) is 1. The molecule has 2 fully saturated rings. The van der Waals surface area contributed by atoms with Gasteiger partial charge in [-0.05, 0) is 80.2 Å². The number of ether oxygens (including phenoxy) is 4. The predicted molar refractivity (Wildman–Crippen MR) is 286 cm³/mol. The normalized spacial score (nSPS) is 17.3. The van der Waals surface area contributed by atoms with E-state index in [4.69, 9.17) is 38.3 Å². The first-order valence-corrected chi connectivity index (χ1v) is 28.0. The summed E-state index contributed by atoms with van der Waals surface area (Å²) in [6.45, 7) is 14.1. The van der Waals surface area contributed by atoms with E-state index in [0.29, 0.717) is 62.2 Å². The number of carbonyl (C=O) groups excluding carboxylic acids is 6. The third-order valence-electron chi connectivity index (χ3n) is 12.9. The van der Waals surface area contributed by atoms with Gasteiger partial charge in [0.15, 0.2) is 23.8 Å². The molecule has 3 aromatic rings. The highest BCUT2D eigenvalue weighted by molar-refractivity contribution is 7.84. The summed E-state index contributed by atoms with van der Waals surface area (Å²) in [6.07, 6.45) is 10.5. The molecule has 4 amide bonds. The lowest BCUT2D eigenvalue weighted by Gasteiger charge is -2.41. The first kappa shape index (κ1) is 62.4. The zero-order valence-electron chi connectivity index (χ0n) is 45.2. The topological polar surface area (TPSA) is 248 Å². The number of hydrogen-bond acceptors (Lipinski definition) is 13. The highest BCUT2D eigenvalue weighted by Crippen LogP contribution is 2.32. The van der Waals surface area contributed by atoms with Crippen LogP contribution in [-0.2, 0) is 67.7 Å². The lowest BCUT2D eigenvalue weighted by molar-refractivity contribution is -0.940. The van der Waals surface area contributed by atoms with Gasteiger partial charge in [0.25, 0.3) is 5.91 Å². The van der Waals surface area contributed by atoms with Crippen LogP contribution in [0, 0.1) is 24.2 Å². The molecule has 19 heteroatoms. The number of carbonyl (C=O) groups is 6. The number of quaternary nitrogens is 1. The van der Waals surface area contributed by atoms with Crippen molar-refractivity contribution in [1.29, 1.82) is 0 Å². The smallest absolute Gasteiger partial charge is 0.311 e. The molecule has 0 saturated carbocycles. The van der Waals surface area contributed by atoms with E-state index in [-0.39, 0.29) is 80.7 Å². The number of terminal acetylenes is 1. The van der Waals surface area contributed by atoms with Crippen LogP contribution in [0.3, 0.4) is 0 Å². The van der Waals surface area contributed by atoms with Crippen LogP contribution in [0.15, 0.2) is 78.9 Å². The second-order valence-corrected chi connectivity index (χ2v) is 22.2. The lowest BCUT2D eigenvalue weighted by Crippen LogP contribution is -2.61. The van der Waals surface area contributed by atoms with E-state index < -0.39 is 57.6 Å². The van der Waals surface area contributed by atoms with Gasteiger partial charge >= 0.3 is 5.97 Å². The van der Waals surface area contributed by atoms with Gasteiger partial charge in [0.05, 0.1) is 36.0 Å². The zero-order valence-corrected chi connectivity index (χ0v) is 46.0. The van der Waals surface area contributed by atoms with Gasteiger partial charge in [0, 0.05) is 24.7 Å². The summed E-state index contributed by atoms with van der Waals surface area (Å²) < 4.78 is 50.3. The summed E-state index contributed by atoms with van der Waals surface area (Å²) in [5.74, 6) is 0.528. The Morgan fingerprint density at radius 1 is 0.763 bits per heavy atom. The van der Waals surface area contributed by atoms with E-state index in [2.05, 4.69) is 34.1 Å². The summed E-state index contributed by atoms with van der Waals surface area (Å²) >= 11 is 0. The zero-order chi connectivity index (χ0) is 55.9. The number of morpholine rings is 1.